The van der Waals surface area contributed by atoms with E-state index in [0.717, 1.165) is 13.1 Å². The maximum atomic E-state index is 3.53. The van der Waals surface area contributed by atoms with Crippen molar-refractivity contribution in [3.63, 3.8) is 0 Å². The summed E-state index contributed by atoms with van der Waals surface area (Å²) in [5, 5.41) is 3.45. The van der Waals surface area contributed by atoms with Gasteiger partial charge in [0.05, 0.1) is 0 Å². The fourth-order valence-electron chi connectivity index (χ4n) is 1.96. The number of fused-ring (bicyclic) bond motifs is 1. The van der Waals surface area contributed by atoms with Crippen molar-refractivity contribution in [1.82, 2.24) is 5.32 Å². The van der Waals surface area contributed by atoms with E-state index in [1.165, 1.54) is 22.0 Å². The van der Waals surface area contributed by atoms with E-state index in [9.17, 15) is 0 Å². The van der Waals surface area contributed by atoms with Gasteiger partial charge in [-0.3, -0.25) is 0 Å². The first-order chi connectivity index (χ1) is 6.31. The van der Waals surface area contributed by atoms with E-state index in [1.807, 2.05) is 0 Å². The van der Waals surface area contributed by atoms with Crippen LogP contribution < -0.4 is 5.32 Å². The largest absolute Gasteiger partial charge is 0.312 e. The average Bonchev–Trinajstić information content (AvgIpc) is 2.17. The van der Waals surface area contributed by atoms with Gasteiger partial charge < -0.3 is 5.32 Å². The zero-order chi connectivity index (χ0) is 9.26. The zero-order valence-corrected chi connectivity index (χ0v) is 9.39. The molecule has 0 radical (unpaired) electrons. The minimum absolute atomic E-state index is 0.696. The lowest BCUT2D eigenvalue weighted by molar-refractivity contribution is 0.530. The van der Waals surface area contributed by atoms with Gasteiger partial charge in [0.2, 0.25) is 0 Å². The molecule has 1 aliphatic rings. The Hall–Kier alpha value is -0.340. The van der Waals surface area contributed by atoms with Gasteiger partial charge in [-0.15, -0.1) is 0 Å². The SMILES string of the molecule is CC[C@@H]1CNCc2ccc(Br)cc21. The molecule has 2 rings (SSSR count). The molecule has 0 saturated heterocycles. The van der Waals surface area contributed by atoms with Crippen LogP contribution in [0.2, 0.25) is 0 Å². The maximum Gasteiger partial charge on any atom is 0.0208 e. The van der Waals surface area contributed by atoms with Crippen molar-refractivity contribution < 1.29 is 0 Å². The van der Waals surface area contributed by atoms with Crippen LogP contribution in [0.4, 0.5) is 0 Å². The van der Waals surface area contributed by atoms with Crippen LogP contribution in [0.1, 0.15) is 30.4 Å². The first kappa shape index (κ1) is 9.22. The Kier molecular flexibility index (Phi) is 2.70. The van der Waals surface area contributed by atoms with Gasteiger partial charge in [-0.25, -0.2) is 0 Å². The van der Waals surface area contributed by atoms with Crippen LogP contribution in [-0.4, -0.2) is 6.54 Å². The average molecular weight is 240 g/mol. The summed E-state index contributed by atoms with van der Waals surface area (Å²) >= 11 is 3.53. The lowest BCUT2D eigenvalue weighted by Gasteiger charge is -2.25. The molecule has 0 unspecified atom stereocenters. The Bertz CT molecular complexity index is 309. The third-order valence-electron chi connectivity index (χ3n) is 2.75. The molecule has 2 heteroatoms. The Morgan fingerprint density at radius 2 is 2.38 bits per heavy atom. The number of rotatable bonds is 1. The highest BCUT2D eigenvalue weighted by atomic mass is 79.9. The molecule has 0 saturated carbocycles. The molecule has 0 aromatic heterocycles. The van der Waals surface area contributed by atoms with Crippen molar-refractivity contribution in [2.24, 2.45) is 0 Å². The van der Waals surface area contributed by atoms with Gasteiger partial charge in [0.15, 0.2) is 0 Å². The monoisotopic (exact) mass is 239 g/mol. The van der Waals surface area contributed by atoms with Crippen LogP contribution in [0.5, 0.6) is 0 Å². The van der Waals surface area contributed by atoms with Gasteiger partial charge >= 0.3 is 0 Å². The third-order valence-corrected chi connectivity index (χ3v) is 3.24. The summed E-state index contributed by atoms with van der Waals surface area (Å²) in [7, 11) is 0. The summed E-state index contributed by atoms with van der Waals surface area (Å²) in [6.07, 6.45) is 1.22. The van der Waals surface area contributed by atoms with E-state index in [1.54, 1.807) is 0 Å². The van der Waals surface area contributed by atoms with Crippen molar-refractivity contribution in [2.75, 3.05) is 6.54 Å². The van der Waals surface area contributed by atoms with Crippen LogP contribution in [0.15, 0.2) is 22.7 Å². The second-order valence-corrected chi connectivity index (χ2v) is 4.49. The molecular formula is C11H14BrN. The Morgan fingerprint density at radius 3 is 3.15 bits per heavy atom. The van der Waals surface area contributed by atoms with E-state index < -0.39 is 0 Å². The van der Waals surface area contributed by atoms with Crippen molar-refractivity contribution in [3.05, 3.63) is 33.8 Å². The van der Waals surface area contributed by atoms with Crippen LogP contribution in [0, 0.1) is 0 Å². The van der Waals surface area contributed by atoms with Gasteiger partial charge in [-0.1, -0.05) is 28.9 Å². The second kappa shape index (κ2) is 3.81. The molecule has 13 heavy (non-hydrogen) atoms. The standard InChI is InChI=1S/C11H14BrN/c1-2-8-6-13-7-9-3-4-10(12)5-11(8)9/h3-5,8,13H,2,6-7H2,1H3/t8-/m1/s1. The Morgan fingerprint density at radius 1 is 1.54 bits per heavy atom. The number of halogens is 1. The number of hydrogen-bond donors (Lipinski definition) is 1. The predicted octanol–water partition coefficient (Wildman–Crippen LogP) is 3.05. The molecule has 1 nitrogen and oxygen atoms in total. The molecular weight excluding hydrogens is 226 g/mol. The highest BCUT2D eigenvalue weighted by Gasteiger charge is 2.17. The van der Waals surface area contributed by atoms with E-state index in [0.29, 0.717) is 5.92 Å². The smallest absolute Gasteiger partial charge is 0.0208 e. The summed E-state index contributed by atoms with van der Waals surface area (Å²) in [6.45, 7) is 4.40. The van der Waals surface area contributed by atoms with Gasteiger partial charge in [0, 0.05) is 17.6 Å². The van der Waals surface area contributed by atoms with Crippen molar-refractivity contribution >= 4 is 15.9 Å². The van der Waals surface area contributed by atoms with Crippen molar-refractivity contribution in [1.29, 1.82) is 0 Å². The molecule has 1 aromatic rings. The lowest BCUT2D eigenvalue weighted by atomic mass is 9.89. The second-order valence-electron chi connectivity index (χ2n) is 3.58. The van der Waals surface area contributed by atoms with E-state index in [2.05, 4.69) is 46.4 Å². The summed E-state index contributed by atoms with van der Waals surface area (Å²) < 4.78 is 1.20. The summed E-state index contributed by atoms with van der Waals surface area (Å²) in [4.78, 5) is 0. The molecule has 1 N–H and O–H groups in total. The Balaban J connectivity index is 2.41. The number of nitrogens with one attached hydrogen (secondary N) is 1. The molecule has 0 spiro atoms. The van der Waals surface area contributed by atoms with Crippen molar-refractivity contribution in [2.45, 2.75) is 25.8 Å². The van der Waals surface area contributed by atoms with Gasteiger partial charge in [-0.05, 0) is 35.6 Å². The molecule has 1 atom stereocenters. The minimum atomic E-state index is 0.696. The van der Waals surface area contributed by atoms with Gasteiger partial charge in [-0.2, -0.15) is 0 Å². The van der Waals surface area contributed by atoms with Crippen LogP contribution in [0.25, 0.3) is 0 Å². The molecule has 0 amide bonds. The highest BCUT2D eigenvalue weighted by Crippen LogP contribution is 2.28. The van der Waals surface area contributed by atoms with E-state index >= 15 is 0 Å². The fourth-order valence-corrected chi connectivity index (χ4v) is 2.34. The summed E-state index contributed by atoms with van der Waals surface area (Å²) in [5.74, 6) is 0.696. The molecule has 1 aliphatic heterocycles. The summed E-state index contributed by atoms with van der Waals surface area (Å²) in [5.41, 5.74) is 2.98. The zero-order valence-electron chi connectivity index (χ0n) is 7.81. The topological polar surface area (TPSA) is 12.0 Å². The van der Waals surface area contributed by atoms with Crippen LogP contribution >= 0.6 is 15.9 Å². The quantitative estimate of drug-likeness (QED) is 0.795. The molecule has 0 fully saturated rings. The van der Waals surface area contributed by atoms with Gasteiger partial charge in [0.25, 0.3) is 0 Å². The molecule has 0 aliphatic carbocycles. The van der Waals surface area contributed by atoms with Gasteiger partial charge in [0.1, 0.15) is 0 Å². The predicted molar refractivity (Wildman–Crippen MR) is 58.9 cm³/mol. The fraction of sp³-hybridized carbons (Fsp3) is 0.455. The lowest BCUT2D eigenvalue weighted by Crippen LogP contribution is -2.27. The third kappa shape index (κ3) is 1.79. The summed E-state index contributed by atoms with van der Waals surface area (Å²) in [6, 6.07) is 6.61. The number of hydrogen-bond acceptors (Lipinski definition) is 1. The molecule has 70 valence electrons. The van der Waals surface area contributed by atoms with Crippen molar-refractivity contribution in [3.8, 4) is 0 Å². The number of benzene rings is 1. The first-order valence-electron chi connectivity index (χ1n) is 4.80. The first-order valence-corrected chi connectivity index (χ1v) is 5.59. The molecule has 1 aromatic carbocycles. The Labute approximate surface area is 87.7 Å². The van der Waals surface area contributed by atoms with Crippen LogP contribution in [-0.2, 0) is 6.54 Å². The molecule has 0 bridgehead atoms. The van der Waals surface area contributed by atoms with E-state index in [-0.39, 0.29) is 0 Å². The van der Waals surface area contributed by atoms with Crippen LogP contribution in [0.3, 0.4) is 0 Å². The molecule has 1 heterocycles. The van der Waals surface area contributed by atoms with E-state index in [4.69, 9.17) is 0 Å². The normalized spacial score (nSPS) is 21.2. The minimum Gasteiger partial charge on any atom is -0.312 e. The highest BCUT2D eigenvalue weighted by molar-refractivity contribution is 9.10. The maximum absolute atomic E-state index is 3.53.